The van der Waals surface area contributed by atoms with Crippen molar-refractivity contribution in [2.75, 3.05) is 13.6 Å². The van der Waals surface area contributed by atoms with Crippen LogP contribution in [0.2, 0.25) is 0 Å². The smallest absolute Gasteiger partial charge is 0.319 e. The molecule has 6 heteroatoms. The number of nitrogens with zero attached hydrogens (tertiary/aromatic N) is 2. The van der Waals surface area contributed by atoms with Crippen LogP contribution in [0.4, 0.5) is 13.2 Å². The second-order valence-corrected chi connectivity index (χ2v) is 4.96. The number of aromatic nitrogens is 2. The fraction of sp³-hybridized carbons (Fsp3) is 0.400. The summed E-state index contributed by atoms with van der Waals surface area (Å²) >= 11 is 0. The van der Waals surface area contributed by atoms with Crippen LogP contribution in [0.3, 0.4) is 0 Å². The normalized spacial score (nSPS) is 11.9. The van der Waals surface area contributed by atoms with Crippen molar-refractivity contribution >= 4 is 0 Å². The molecule has 1 heterocycles. The molecule has 0 saturated heterocycles. The minimum absolute atomic E-state index is 0.432. The molecule has 2 aromatic rings. The lowest BCUT2D eigenvalue weighted by Crippen LogP contribution is -2.11. The Morgan fingerprint density at radius 3 is 2.57 bits per heavy atom. The molecule has 0 radical (unpaired) electrons. The van der Waals surface area contributed by atoms with Gasteiger partial charge in [0.15, 0.2) is 0 Å². The van der Waals surface area contributed by atoms with E-state index in [9.17, 15) is 13.2 Å². The van der Waals surface area contributed by atoms with Crippen molar-refractivity contribution in [3.63, 3.8) is 0 Å². The lowest BCUT2D eigenvalue weighted by molar-refractivity contribution is -0.137. The van der Waals surface area contributed by atoms with Crippen molar-refractivity contribution < 1.29 is 13.2 Å². The van der Waals surface area contributed by atoms with Crippen molar-refractivity contribution in [3.8, 4) is 5.69 Å². The van der Waals surface area contributed by atoms with Gasteiger partial charge in [-0.15, -0.1) is 0 Å². The number of likely N-dealkylation sites (N-methyl/N-ethyl adjacent to an activating group) is 1. The van der Waals surface area contributed by atoms with Crippen LogP contribution >= 0.6 is 0 Å². The predicted octanol–water partition coefficient (Wildman–Crippen LogP) is 3.27. The van der Waals surface area contributed by atoms with E-state index in [1.807, 2.05) is 20.9 Å². The number of alkyl halides is 3. The molecule has 1 aromatic carbocycles. The third-order valence-corrected chi connectivity index (χ3v) is 3.48. The Morgan fingerprint density at radius 2 is 1.95 bits per heavy atom. The van der Waals surface area contributed by atoms with Gasteiger partial charge < -0.3 is 5.32 Å². The van der Waals surface area contributed by atoms with Gasteiger partial charge in [0.1, 0.15) is 0 Å². The summed E-state index contributed by atoms with van der Waals surface area (Å²) < 4.78 is 40.0. The molecule has 0 aliphatic rings. The first-order valence-electron chi connectivity index (χ1n) is 6.72. The van der Waals surface area contributed by atoms with Crippen LogP contribution in [-0.2, 0) is 12.6 Å². The molecule has 3 nitrogen and oxygen atoms in total. The third kappa shape index (κ3) is 3.26. The molecule has 1 N–H and O–H groups in total. The molecule has 0 bridgehead atoms. The molecule has 0 spiro atoms. The molecule has 0 atom stereocenters. The molecule has 0 aliphatic carbocycles. The highest BCUT2D eigenvalue weighted by Crippen LogP contribution is 2.30. The molecular formula is C15H18F3N3. The SMILES string of the molecule is CNCCc1c(C)nn(-c2cccc(C(F)(F)F)c2)c1C. The minimum Gasteiger partial charge on any atom is -0.319 e. The van der Waals surface area contributed by atoms with E-state index in [1.54, 1.807) is 10.7 Å². The molecule has 0 fully saturated rings. The van der Waals surface area contributed by atoms with Crippen LogP contribution in [0.25, 0.3) is 5.69 Å². The molecule has 2 rings (SSSR count). The summed E-state index contributed by atoms with van der Waals surface area (Å²) in [5.41, 5.74) is 2.56. The molecule has 0 unspecified atom stereocenters. The first kappa shape index (κ1) is 15.6. The van der Waals surface area contributed by atoms with Gasteiger partial charge in [-0.2, -0.15) is 18.3 Å². The lowest BCUT2D eigenvalue weighted by Gasteiger charge is -2.10. The zero-order valence-electron chi connectivity index (χ0n) is 12.3. The van der Waals surface area contributed by atoms with E-state index in [1.165, 1.54) is 6.07 Å². The van der Waals surface area contributed by atoms with Gasteiger partial charge in [0.05, 0.1) is 16.9 Å². The van der Waals surface area contributed by atoms with E-state index in [0.717, 1.165) is 42.0 Å². The first-order chi connectivity index (χ1) is 9.84. The van der Waals surface area contributed by atoms with E-state index in [0.29, 0.717) is 5.69 Å². The second kappa shape index (κ2) is 5.89. The van der Waals surface area contributed by atoms with E-state index in [4.69, 9.17) is 0 Å². The topological polar surface area (TPSA) is 29.9 Å². The van der Waals surface area contributed by atoms with E-state index >= 15 is 0 Å². The van der Waals surface area contributed by atoms with Crippen LogP contribution in [0.15, 0.2) is 24.3 Å². The van der Waals surface area contributed by atoms with Crippen LogP contribution in [-0.4, -0.2) is 23.4 Å². The Labute approximate surface area is 121 Å². The monoisotopic (exact) mass is 297 g/mol. The summed E-state index contributed by atoms with van der Waals surface area (Å²) in [6.07, 6.45) is -3.55. The largest absolute Gasteiger partial charge is 0.416 e. The predicted molar refractivity (Wildman–Crippen MR) is 75.7 cm³/mol. The Bertz CT molecular complexity index is 630. The van der Waals surface area contributed by atoms with Gasteiger partial charge in [-0.25, -0.2) is 4.68 Å². The van der Waals surface area contributed by atoms with Gasteiger partial charge in [0.25, 0.3) is 0 Å². The number of halogens is 3. The number of rotatable bonds is 4. The van der Waals surface area contributed by atoms with Gasteiger partial charge in [-0.3, -0.25) is 0 Å². The van der Waals surface area contributed by atoms with Gasteiger partial charge in [-0.05, 0) is 57.6 Å². The Kier molecular flexibility index (Phi) is 4.37. The zero-order valence-corrected chi connectivity index (χ0v) is 12.3. The van der Waals surface area contributed by atoms with E-state index in [2.05, 4.69) is 10.4 Å². The second-order valence-electron chi connectivity index (χ2n) is 4.96. The summed E-state index contributed by atoms with van der Waals surface area (Å²) in [4.78, 5) is 0. The summed E-state index contributed by atoms with van der Waals surface area (Å²) in [5.74, 6) is 0. The van der Waals surface area contributed by atoms with E-state index in [-0.39, 0.29) is 0 Å². The van der Waals surface area contributed by atoms with Crippen LogP contribution in [0.5, 0.6) is 0 Å². The molecule has 1 aromatic heterocycles. The average molecular weight is 297 g/mol. The quantitative estimate of drug-likeness (QED) is 0.938. The Balaban J connectivity index is 2.43. The van der Waals surface area contributed by atoms with Crippen molar-refractivity contribution in [3.05, 3.63) is 46.8 Å². The van der Waals surface area contributed by atoms with E-state index < -0.39 is 11.7 Å². The van der Waals surface area contributed by atoms with Gasteiger partial charge in [0.2, 0.25) is 0 Å². The molecule has 0 aliphatic heterocycles. The lowest BCUT2D eigenvalue weighted by atomic mass is 10.1. The molecule has 0 amide bonds. The summed E-state index contributed by atoms with van der Waals surface area (Å²) in [6, 6.07) is 5.23. The maximum atomic E-state index is 12.8. The number of benzene rings is 1. The van der Waals surface area contributed by atoms with Crippen molar-refractivity contribution in [1.82, 2.24) is 15.1 Å². The molecule has 114 valence electrons. The van der Waals surface area contributed by atoms with Gasteiger partial charge >= 0.3 is 6.18 Å². The van der Waals surface area contributed by atoms with Gasteiger partial charge in [0, 0.05) is 5.69 Å². The fourth-order valence-corrected chi connectivity index (χ4v) is 2.35. The summed E-state index contributed by atoms with van der Waals surface area (Å²) in [7, 11) is 1.86. The summed E-state index contributed by atoms with van der Waals surface area (Å²) in [5, 5.41) is 7.44. The Morgan fingerprint density at radius 1 is 1.24 bits per heavy atom. The van der Waals surface area contributed by atoms with Gasteiger partial charge in [-0.1, -0.05) is 6.07 Å². The summed E-state index contributed by atoms with van der Waals surface area (Å²) in [6.45, 7) is 4.56. The number of hydrogen-bond acceptors (Lipinski definition) is 2. The Hall–Kier alpha value is -1.82. The van der Waals surface area contributed by atoms with Crippen LogP contribution < -0.4 is 5.32 Å². The maximum absolute atomic E-state index is 12.8. The molecule has 0 saturated carbocycles. The third-order valence-electron chi connectivity index (χ3n) is 3.48. The fourth-order valence-electron chi connectivity index (χ4n) is 2.35. The minimum atomic E-state index is -4.35. The van der Waals surface area contributed by atoms with Crippen molar-refractivity contribution in [2.45, 2.75) is 26.4 Å². The number of aryl methyl sites for hydroxylation is 1. The highest BCUT2D eigenvalue weighted by Gasteiger charge is 2.30. The average Bonchev–Trinajstić information content (AvgIpc) is 2.71. The molecule has 21 heavy (non-hydrogen) atoms. The maximum Gasteiger partial charge on any atom is 0.416 e. The number of hydrogen-bond donors (Lipinski definition) is 1. The number of nitrogens with one attached hydrogen (secondary N) is 1. The standard InChI is InChI=1S/C15H18F3N3/c1-10-14(7-8-19-3)11(2)21(20-10)13-6-4-5-12(9-13)15(16,17)18/h4-6,9,19H,7-8H2,1-3H3. The van der Waals surface area contributed by atoms with Crippen molar-refractivity contribution in [1.29, 1.82) is 0 Å². The molecular weight excluding hydrogens is 279 g/mol. The highest BCUT2D eigenvalue weighted by molar-refractivity contribution is 5.40. The van der Waals surface area contributed by atoms with Crippen molar-refractivity contribution in [2.24, 2.45) is 0 Å². The van der Waals surface area contributed by atoms with Crippen LogP contribution in [0, 0.1) is 13.8 Å². The first-order valence-corrected chi connectivity index (χ1v) is 6.72. The zero-order chi connectivity index (χ0) is 15.6. The van der Waals surface area contributed by atoms with Crippen LogP contribution in [0.1, 0.15) is 22.5 Å². The highest BCUT2D eigenvalue weighted by atomic mass is 19.4.